The van der Waals surface area contributed by atoms with E-state index in [0.29, 0.717) is 24.1 Å². The van der Waals surface area contributed by atoms with Gasteiger partial charge in [0.25, 0.3) is 0 Å². The molecule has 8 heteroatoms. The van der Waals surface area contributed by atoms with Gasteiger partial charge in [0.15, 0.2) is 5.16 Å². The van der Waals surface area contributed by atoms with Crippen molar-refractivity contribution in [1.29, 1.82) is 0 Å². The Hall–Kier alpha value is -2.22. The summed E-state index contributed by atoms with van der Waals surface area (Å²) in [7, 11) is 0. The van der Waals surface area contributed by atoms with Gasteiger partial charge in [-0.05, 0) is 18.6 Å². The third-order valence-corrected chi connectivity index (χ3v) is 4.22. The van der Waals surface area contributed by atoms with Crippen LogP contribution in [0.1, 0.15) is 19.8 Å². The van der Waals surface area contributed by atoms with E-state index >= 15 is 0 Å². The summed E-state index contributed by atoms with van der Waals surface area (Å²) in [4.78, 5) is 27.0. The van der Waals surface area contributed by atoms with Gasteiger partial charge < -0.3 is 19.7 Å². The van der Waals surface area contributed by atoms with E-state index in [1.165, 1.54) is 11.8 Å². The summed E-state index contributed by atoms with van der Waals surface area (Å²) in [6.45, 7) is 2.73. The molecule has 0 saturated heterocycles. The van der Waals surface area contributed by atoms with E-state index in [2.05, 4.69) is 10.3 Å². The predicted octanol–water partition coefficient (Wildman–Crippen LogP) is 2.74. The minimum atomic E-state index is -0.919. The number of nitrogens with one attached hydrogen (secondary N) is 1. The monoisotopic (exact) mass is 351 g/mol. The number of fused-ring (bicyclic) bond motifs is 1. The zero-order valence-corrected chi connectivity index (χ0v) is 14.3. The number of nitrogens with zero attached hydrogens (tertiary/aromatic N) is 2. The van der Waals surface area contributed by atoms with Gasteiger partial charge in [-0.1, -0.05) is 37.2 Å². The van der Waals surface area contributed by atoms with Gasteiger partial charge in [-0.15, -0.1) is 0 Å². The lowest BCUT2D eigenvalue weighted by Crippen LogP contribution is -2.27. The van der Waals surface area contributed by atoms with E-state index in [1.54, 1.807) is 4.57 Å². The van der Waals surface area contributed by atoms with Crippen molar-refractivity contribution >= 4 is 34.9 Å². The molecule has 0 aliphatic rings. The van der Waals surface area contributed by atoms with Crippen molar-refractivity contribution in [3.05, 3.63) is 24.3 Å². The third kappa shape index (κ3) is 5.16. The number of imidazole rings is 1. The second-order valence-corrected chi connectivity index (χ2v) is 6.19. The summed E-state index contributed by atoms with van der Waals surface area (Å²) in [5, 5.41) is 12.4. The number of carboxylic acid groups (broad SMARTS) is 1. The third-order valence-electron chi connectivity index (χ3n) is 3.25. The van der Waals surface area contributed by atoms with Gasteiger partial charge in [-0.3, -0.25) is 4.79 Å². The van der Waals surface area contributed by atoms with Crippen molar-refractivity contribution < 1.29 is 19.4 Å². The molecule has 0 unspecified atom stereocenters. The highest BCUT2D eigenvalue weighted by atomic mass is 32.2. The Labute approximate surface area is 144 Å². The van der Waals surface area contributed by atoms with Crippen LogP contribution >= 0.6 is 11.8 Å². The first-order chi connectivity index (χ1) is 11.6. The van der Waals surface area contributed by atoms with Gasteiger partial charge in [-0.25, -0.2) is 9.78 Å². The number of amides is 1. The number of ether oxygens (including phenoxy) is 1. The first-order valence-electron chi connectivity index (χ1n) is 7.82. The lowest BCUT2D eigenvalue weighted by Gasteiger charge is -2.07. The minimum Gasteiger partial charge on any atom is -0.480 e. The number of carbonyl (C=O) groups is 2. The number of hydrogen-bond acceptors (Lipinski definition) is 5. The van der Waals surface area contributed by atoms with Crippen LogP contribution in [0.25, 0.3) is 11.0 Å². The molecule has 0 aliphatic heterocycles. The highest BCUT2D eigenvalue weighted by molar-refractivity contribution is 7.99. The molecule has 1 amide bonds. The lowest BCUT2D eigenvalue weighted by molar-refractivity contribution is -0.137. The Bertz CT molecular complexity index is 702. The average molecular weight is 351 g/mol. The molecule has 24 heavy (non-hydrogen) atoms. The van der Waals surface area contributed by atoms with Gasteiger partial charge in [0.05, 0.1) is 17.6 Å². The van der Waals surface area contributed by atoms with Crippen molar-refractivity contribution in [1.82, 2.24) is 14.9 Å². The molecule has 0 atom stereocenters. The summed E-state index contributed by atoms with van der Waals surface area (Å²) in [6.07, 6.45) is 1.40. The Kier molecular flexibility index (Phi) is 6.92. The number of hydrogen-bond donors (Lipinski definition) is 2. The number of benzene rings is 1. The molecule has 0 radical (unpaired) electrons. The maximum atomic E-state index is 11.4. The second kappa shape index (κ2) is 9.17. The van der Waals surface area contributed by atoms with Crippen LogP contribution in [0.3, 0.4) is 0 Å². The quantitative estimate of drug-likeness (QED) is 0.533. The highest BCUT2D eigenvalue weighted by Gasteiger charge is 2.13. The van der Waals surface area contributed by atoms with Crippen molar-refractivity contribution in [3.8, 4) is 0 Å². The van der Waals surface area contributed by atoms with Crippen LogP contribution < -0.4 is 5.32 Å². The number of para-hydroxylation sites is 2. The predicted molar refractivity (Wildman–Crippen MR) is 92.4 cm³/mol. The molecule has 0 aliphatic carbocycles. The van der Waals surface area contributed by atoms with E-state index in [9.17, 15) is 9.59 Å². The number of aliphatic carboxylic acids is 1. The van der Waals surface area contributed by atoms with Crippen LogP contribution in [0.2, 0.25) is 0 Å². The molecule has 1 aromatic carbocycles. The van der Waals surface area contributed by atoms with Crippen molar-refractivity contribution in [2.45, 2.75) is 31.5 Å². The van der Waals surface area contributed by atoms with E-state index in [1.807, 2.05) is 31.2 Å². The standard InChI is InChI=1S/C16H21N3O4S/c1-2-3-9-23-16(22)17-8-10-24-15-18-12-6-4-5-7-13(12)19(15)11-14(20)21/h4-7H,2-3,8-11H2,1H3,(H,17,22)(H,20,21). The Balaban J connectivity index is 1.90. The number of thioether (sulfide) groups is 1. The number of carbonyl (C=O) groups excluding carboxylic acids is 1. The average Bonchev–Trinajstić information content (AvgIpc) is 2.89. The molecule has 1 heterocycles. The summed E-state index contributed by atoms with van der Waals surface area (Å²) in [5.41, 5.74) is 1.54. The molecule has 1 aromatic heterocycles. The number of alkyl carbamates (subject to hydrolysis) is 1. The van der Waals surface area contributed by atoms with E-state index in [0.717, 1.165) is 23.9 Å². The molecule has 0 spiro atoms. The summed E-state index contributed by atoms with van der Waals surface area (Å²) < 4.78 is 6.67. The molecule has 0 fully saturated rings. The second-order valence-electron chi connectivity index (χ2n) is 5.13. The van der Waals surface area contributed by atoms with Crippen LogP contribution in [0, 0.1) is 0 Å². The molecule has 2 N–H and O–H groups in total. The first kappa shape index (κ1) is 18.1. The molecule has 130 valence electrons. The Morgan fingerprint density at radius 3 is 2.92 bits per heavy atom. The maximum Gasteiger partial charge on any atom is 0.407 e. The summed E-state index contributed by atoms with van der Waals surface area (Å²) in [6, 6.07) is 7.41. The zero-order valence-electron chi connectivity index (χ0n) is 13.5. The normalized spacial score (nSPS) is 10.7. The number of unbranched alkanes of at least 4 members (excludes halogenated alkanes) is 1. The zero-order chi connectivity index (χ0) is 17.4. The smallest absolute Gasteiger partial charge is 0.407 e. The van der Waals surface area contributed by atoms with E-state index in [4.69, 9.17) is 9.84 Å². The molecule has 7 nitrogen and oxygen atoms in total. The number of aromatic nitrogens is 2. The van der Waals surface area contributed by atoms with Crippen LogP contribution in [-0.4, -0.2) is 45.6 Å². The Morgan fingerprint density at radius 2 is 2.17 bits per heavy atom. The fourth-order valence-electron chi connectivity index (χ4n) is 2.11. The van der Waals surface area contributed by atoms with Crippen LogP contribution in [-0.2, 0) is 16.1 Å². The van der Waals surface area contributed by atoms with E-state index < -0.39 is 12.1 Å². The van der Waals surface area contributed by atoms with Gasteiger partial charge >= 0.3 is 12.1 Å². The van der Waals surface area contributed by atoms with Gasteiger partial charge in [0, 0.05) is 12.3 Å². The number of carboxylic acids is 1. The topological polar surface area (TPSA) is 93.5 Å². The summed E-state index contributed by atoms with van der Waals surface area (Å²) >= 11 is 1.40. The van der Waals surface area contributed by atoms with Crippen LogP contribution in [0.5, 0.6) is 0 Å². The molecule has 2 rings (SSSR count). The van der Waals surface area contributed by atoms with Gasteiger partial charge in [0.2, 0.25) is 0 Å². The summed E-state index contributed by atoms with van der Waals surface area (Å²) in [5.74, 6) is -0.344. The molecular formula is C16H21N3O4S. The van der Waals surface area contributed by atoms with Gasteiger partial charge in [-0.2, -0.15) is 0 Å². The number of rotatable bonds is 9. The maximum absolute atomic E-state index is 11.4. The minimum absolute atomic E-state index is 0.144. The largest absolute Gasteiger partial charge is 0.480 e. The fraction of sp³-hybridized carbons (Fsp3) is 0.438. The SMILES string of the molecule is CCCCOC(=O)NCCSc1nc2ccccc2n1CC(=O)O. The van der Waals surface area contributed by atoms with Crippen molar-refractivity contribution in [3.63, 3.8) is 0 Å². The van der Waals surface area contributed by atoms with E-state index in [-0.39, 0.29) is 6.54 Å². The van der Waals surface area contributed by atoms with Crippen LogP contribution in [0.4, 0.5) is 4.79 Å². The lowest BCUT2D eigenvalue weighted by atomic mass is 10.3. The molecule has 2 aromatic rings. The Morgan fingerprint density at radius 1 is 1.38 bits per heavy atom. The molecule has 0 saturated carbocycles. The van der Waals surface area contributed by atoms with Crippen molar-refractivity contribution in [2.75, 3.05) is 18.9 Å². The molecule has 0 bridgehead atoms. The van der Waals surface area contributed by atoms with Crippen molar-refractivity contribution in [2.24, 2.45) is 0 Å². The highest BCUT2D eigenvalue weighted by Crippen LogP contribution is 2.23. The fourth-order valence-corrected chi connectivity index (χ4v) is 2.98. The molecular weight excluding hydrogens is 330 g/mol. The van der Waals surface area contributed by atoms with Crippen LogP contribution in [0.15, 0.2) is 29.4 Å². The first-order valence-corrected chi connectivity index (χ1v) is 8.81. The van der Waals surface area contributed by atoms with Gasteiger partial charge in [0.1, 0.15) is 6.54 Å².